The molecule has 3 nitrogen and oxygen atoms in total. The summed E-state index contributed by atoms with van der Waals surface area (Å²) in [6.07, 6.45) is 9.48. The number of fused-ring (bicyclic) bond motifs is 5. The van der Waals surface area contributed by atoms with Crippen molar-refractivity contribution in [2.75, 3.05) is 12.0 Å². The first-order valence-corrected chi connectivity index (χ1v) is 18.2. The van der Waals surface area contributed by atoms with E-state index in [1.54, 1.807) is 5.56 Å². The Kier molecular flexibility index (Phi) is 6.43. The van der Waals surface area contributed by atoms with Gasteiger partial charge in [-0.2, -0.15) is 0 Å². The molecule has 3 aliphatic carbocycles. The molecule has 0 radical (unpaired) electrons. The minimum Gasteiger partial charge on any atom is -0.543 e. The third kappa shape index (κ3) is 4.58. The van der Waals surface area contributed by atoms with Crippen molar-refractivity contribution in [3.8, 4) is 5.75 Å². The fourth-order valence-corrected chi connectivity index (χ4v) is 9.52. The van der Waals surface area contributed by atoms with Crippen molar-refractivity contribution in [2.24, 2.45) is 23.2 Å². The molecule has 33 heavy (non-hydrogen) atoms. The Hall–Kier alpha value is -0.813. The van der Waals surface area contributed by atoms with Crippen LogP contribution in [0.15, 0.2) is 12.1 Å². The van der Waals surface area contributed by atoms with E-state index in [0.29, 0.717) is 29.4 Å². The summed E-state index contributed by atoms with van der Waals surface area (Å²) in [7, 11) is -4.80. The van der Waals surface area contributed by atoms with Crippen LogP contribution in [0.4, 0.5) is 0 Å². The van der Waals surface area contributed by atoms with E-state index in [1.165, 1.54) is 43.1 Å². The van der Waals surface area contributed by atoms with Gasteiger partial charge in [0.05, 0.1) is 5.75 Å². The van der Waals surface area contributed by atoms with Gasteiger partial charge in [0.25, 0.3) is 0 Å². The molecule has 0 heterocycles. The van der Waals surface area contributed by atoms with Gasteiger partial charge >= 0.3 is 0 Å². The summed E-state index contributed by atoms with van der Waals surface area (Å²) in [5.74, 6) is 3.86. The molecule has 0 amide bonds. The second-order valence-electron chi connectivity index (χ2n) is 13.2. The van der Waals surface area contributed by atoms with E-state index in [4.69, 9.17) is 4.43 Å². The zero-order valence-corrected chi connectivity index (χ0v) is 24.1. The summed E-state index contributed by atoms with van der Waals surface area (Å²) in [6.45, 7) is 16.3. The molecule has 3 aliphatic rings. The minimum atomic E-state index is -2.92. The largest absolute Gasteiger partial charge is 0.543 e. The minimum absolute atomic E-state index is 0.192. The smallest absolute Gasteiger partial charge is 0.250 e. The lowest BCUT2D eigenvalue weighted by molar-refractivity contribution is 0.0345. The summed E-state index contributed by atoms with van der Waals surface area (Å²) in [4.78, 5) is 0. The van der Waals surface area contributed by atoms with E-state index < -0.39 is 18.2 Å². The number of hydrogen-bond donors (Lipinski definition) is 0. The van der Waals surface area contributed by atoms with E-state index in [9.17, 15) is 8.42 Å². The van der Waals surface area contributed by atoms with Gasteiger partial charge in [-0.3, -0.25) is 0 Å². The molecule has 0 bridgehead atoms. The third-order valence-electron chi connectivity index (χ3n) is 10.2. The van der Waals surface area contributed by atoms with Gasteiger partial charge in [0, 0.05) is 6.26 Å². The van der Waals surface area contributed by atoms with Crippen LogP contribution in [0, 0.1) is 23.2 Å². The summed E-state index contributed by atoms with van der Waals surface area (Å²) < 4.78 is 31.0. The van der Waals surface area contributed by atoms with Crippen molar-refractivity contribution in [3.05, 3.63) is 28.8 Å². The maximum Gasteiger partial charge on any atom is 0.250 e. The monoisotopic (exact) mass is 490 g/mol. The van der Waals surface area contributed by atoms with E-state index >= 15 is 0 Å². The predicted octanol–water partition coefficient (Wildman–Crippen LogP) is 7.15. The van der Waals surface area contributed by atoms with Gasteiger partial charge in [0.15, 0.2) is 0 Å². The molecule has 1 aromatic rings. The fourth-order valence-electron chi connectivity index (χ4n) is 7.19. The van der Waals surface area contributed by atoms with Crippen LogP contribution in [0.25, 0.3) is 0 Å². The van der Waals surface area contributed by atoms with Crippen LogP contribution < -0.4 is 4.43 Å². The molecule has 1 aromatic carbocycles. The molecule has 0 aromatic heterocycles. The van der Waals surface area contributed by atoms with Crippen molar-refractivity contribution >= 4 is 18.2 Å². The van der Waals surface area contributed by atoms with Gasteiger partial charge in [-0.15, -0.1) is 0 Å². The third-order valence-corrected chi connectivity index (χ3v) is 15.5. The molecule has 2 fully saturated rings. The predicted molar refractivity (Wildman–Crippen MR) is 141 cm³/mol. The number of aryl methyl sites for hydroxylation is 2. The van der Waals surface area contributed by atoms with Gasteiger partial charge in [0.1, 0.15) is 15.6 Å². The Labute approximate surface area is 204 Å². The van der Waals surface area contributed by atoms with E-state index in [0.717, 1.165) is 25.0 Å². The first-order valence-electron chi connectivity index (χ1n) is 13.2. The zero-order chi connectivity index (χ0) is 24.4. The number of sulfone groups is 1. The maximum atomic E-state index is 12.1. The molecular weight excluding hydrogens is 444 g/mol. The molecule has 0 saturated heterocycles. The van der Waals surface area contributed by atoms with Gasteiger partial charge in [-0.05, 0) is 115 Å². The summed E-state index contributed by atoms with van der Waals surface area (Å²) in [5.41, 5.74) is 4.66. The first-order chi connectivity index (χ1) is 15.2. The molecule has 0 spiro atoms. The number of benzene rings is 1. The Morgan fingerprint density at radius 1 is 1.12 bits per heavy atom. The van der Waals surface area contributed by atoms with Gasteiger partial charge in [0.2, 0.25) is 8.32 Å². The lowest BCUT2D eigenvalue weighted by Gasteiger charge is -2.51. The highest BCUT2D eigenvalue weighted by atomic mass is 32.2. The Morgan fingerprint density at radius 2 is 1.82 bits per heavy atom. The summed E-state index contributed by atoms with van der Waals surface area (Å²) in [5, 5.41) is 0.192. The molecule has 0 N–H and O–H groups in total. The van der Waals surface area contributed by atoms with Crippen LogP contribution in [0.2, 0.25) is 18.1 Å². The van der Waals surface area contributed by atoms with Gasteiger partial charge in [-0.1, -0.05) is 40.7 Å². The lowest BCUT2D eigenvalue weighted by Crippen LogP contribution is -2.44. The zero-order valence-electron chi connectivity index (χ0n) is 22.3. The van der Waals surface area contributed by atoms with E-state index in [-0.39, 0.29) is 10.5 Å². The molecule has 4 rings (SSSR count). The lowest BCUT2D eigenvalue weighted by atomic mass is 9.54. The SMILES string of the molecule is CCc1cc2c(cc1O[Si](C)(C)C(C)(C)C)CC[C@@H]1[C@@H]2CC[C@]2(C)[C@@H](CS(C)(=O)=O)CC[C@@H]12. The van der Waals surface area contributed by atoms with Crippen LogP contribution in [0.5, 0.6) is 5.75 Å². The normalized spacial score (nSPS) is 32.1. The summed E-state index contributed by atoms with van der Waals surface area (Å²) >= 11 is 0. The molecule has 5 atom stereocenters. The standard InChI is InChI=1S/C28H46O3SSi/c1-9-19-16-24-20(17-26(19)31-33(7,8)27(2,3)4)10-12-23-22(24)14-15-28(5)21(11-13-25(23)28)18-32(6,29)30/h16-17,21-23,25H,9-15,18H2,1-8H3/t21-,22+,23-,25+,28-/m1/s1. The first kappa shape index (κ1) is 25.3. The van der Waals surface area contributed by atoms with Crippen molar-refractivity contribution in [1.82, 2.24) is 0 Å². The Morgan fingerprint density at radius 3 is 2.42 bits per heavy atom. The fraction of sp³-hybridized carbons (Fsp3) is 0.786. The molecule has 186 valence electrons. The van der Waals surface area contributed by atoms with Crippen LogP contribution in [0.3, 0.4) is 0 Å². The highest BCUT2D eigenvalue weighted by Gasteiger charge is 2.55. The molecule has 0 aliphatic heterocycles. The van der Waals surface area contributed by atoms with Crippen molar-refractivity contribution in [3.63, 3.8) is 0 Å². The average molecular weight is 491 g/mol. The number of hydrogen-bond acceptors (Lipinski definition) is 3. The van der Waals surface area contributed by atoms with Crippen molar-refractivity contribution < 1.29 is 12.8 Å². The van der Waals surface area contributed by atoms with E-state index in [2.05, 4.69) is 59.8 Å². The Bertz CT molecular complexity index is 1010. The molecule has 2 saturated carbocycles. The quantitative estimate of drug-likeness (QED) is 0.412. The van der Waals surface area contributed by atoms with Crippen LogP contribution >= 0.6 is 0 Å². The molecular formula is C28H46O3SSi. The van der Waals surface area contributed by atoms with Crippen LogP contribution in [0.1, 0.15) is 89.3 Å². The van der Waals surface area contributed by atoms with Crippen LogP contribution in [-0.2, 0) is 22.7 Å². The average Bonchev–Trinajstić information content (AvgIpc) is 3.01. The Balaban J connectivity index is 1.63. The van der Waals surface area contributed by atoms with E-state index in [1.807, 2.05) is 0 Å². The van der Waals surface area contributed by atoms with Gasteiger partial charge < -0.3 is 4.43 Å². The maximum absolute atomic E-state index is 12.1. The van der Waals surface area contributed by atoms with Gasteiger partial charge in [-0.25, -0.2) is 8.42 Å². The number of rotatable bonds is 5. The topological polar surface area (TPSA) is 43.4 Å². The van der Waals surface area contributed by atoms with Crippen molar-refractivity contribution in [2.45, 2.75) is 104 Å². The second kappa shape index (κ2) is 8.39. The second-order valence-corrected chi connectivity index (χ2v) is 20.1. The molecule has 0 unspecified atom stereocenters. The highest BCUT2D eigenvalue weighted by Crippen LogP contribution is 2.63. The molecule has 5 heteroatoms. The summed E-state index contributed by atoms with van der Waals surface area (Å²) in [6, 6.07) is 4.90. The highest BCUT2D eigenvalue weighted by molar-refractivity contribution is 7.90. The van der Waals surface area contributed by atoms with Crippen molar-refractivity contribution in [1.29, 1.82) is 0 Å². The van der Waals surface area contributed by atoms with Crippen LogP contribution in [-0.4, -0.2) is 28.7 Å².